The Morgan fingerprint density at radius 1 is 1.11 bits per heavy atom. The lowest BCUT2D eigenvalue weighted by Gasteiger charge is -2.28. The summed E-state index contributed by atoms with van der Waals surface area (Å²) in [5.41, 5.74) is 2.33. The normalized spacial score (nSPS) is 16.6. The third-order valence-corrected chi connectivity index (χ3v) is 7.34. The smallest absolute Gasteiger partial charge is 0.259 e. The molecular weight excluding hydrogens is 394 g/mol. The summed E-state index contributed by atoms with van der Waals surface area (Å²) in [6.07, 6.45) is 0.885. The van der Waals surface area contributed by atoms with Gasteiger partial charge in [0.15, 0.2) is 5.17 Å². The van der Waals surface area contributed by atoms with Crippen molar-refractivity contribution >= 4 is 38.5 Å². The van der Waals surface area contributed by atoms with Crippen molar-refractivity contribution in [2.24, 2.45) is 4.99 Å². The Balaban J connectivity index is 1.89. The van der Waals surface area contributed by atoms with Crippen LogP contribution < -0.4 is 0 Å². The Labute approximate surface area is 170 Å². The number of aliphatic imine (C=N–C) groups is 1. The highest BCUT2D eigenvalue weighted by atomic mass is 32.2. The topological polar surface area (TPSA) is 70.0 Å². The van der Waals surface area contributed by atoms with Crippen LogP contribution in [0.25, 0.3) is 0 Å². The van der Waals surface area contributed by atoms with E-state index in [1.165, 1.54) is 26.2 Å². The molecule has 1 amide bonds. The molecule has 1 aliphatic heterocycles. The molecule has 0 bridgehead atoms. The zero-order valence-corrected chi connectivity index (χ0v) is 17.8. The molecule has 0 spiro atoms. The fourth-order valence-corrected chi connectivity index (χ4v) is 4.62. The molecule has 0 aliphatic carbocycles. The number of thioether (sulfide) groups is 1. The maximum absolute atomic E-state index is 13.1. The van der Waals surface area contributed by atoms with Gasteiger partial charge in [-0.2, -0.15) is 0 Å². The molecule has 1 fully saturated rings. The highest BCUT2D eigenvalue weighted by molar-refractivity contribution is 8.13. The zero-order valence-electron chi connectivity index (χ0n) is 16.1. The van der Waals surface area contributed by atoms with E-state index in [4.69, 9.17) is 4.99 Å². The number of benzene rings is 2. The van der Waals surface area contributed by atoms with Crippen molar-refractivity contribution in [3.8, 4) is 0 Å². The van der Waals surface area contributed by atoms with Crippen molar-refractivity contribution in [2.75, 3.05) is 26.4 Å². The summed E-state index contributed by atoms with van der Waals surface area (Å²) in [4.78, 5) is 19.6. The van der Waals surface area contributed by atoms with Crippen molar-refractivity contribution in [1.82, 2.24) is 9.21 Å². The van der Waals surface area contributed by atoms with Gasteiger partial charge in [0.25, 0.3) is 5.91 Å². The van der Waals surface area contributed by atoms with Gasteiger partial charge in [0.2, 0.25) is 10.0 Å². The van der Waals surface area contributed by atoms with E-state index in [2.05, 4.69) is 0 Å². The molecule has 148 valence electrons. The number of para-hydroxylation sites is 1. The van der Waals surface area contributed by atoms with Crippen LogP contribution in [0, 0.1) is 6.92 Å². The average molecular weight is 418 g/mol. The van der Waals surface area contributed by atoms with Crippen molar-refractivity contribution in [1.29, 1.82) is 0 Å². The highest BCUT2D eigenvalue weighted by Gasteiger charge is 2.26. The molecular formula is C20H23N3O3S2. The number of rotatable bonds is 4. The van der Waals surface area contributed by atoms with Crippen LogP contribution in [0.2, 0.25) is 0 Å². The van der Waals surface area contributed by atoms with Crippen molar-refractivity contribution < 1.29 is 13.2 Å². The highest BCUT2D eigenvalue weighted by Crippen LogP contribution is 2.26. The van der Waals surface area contributed by atoms with E-state index in [9.17, 15) is 13.2 Å². The monoisotopic (exact) mass is 417 g/mol. The van der Waals surface area contributed by atoms with E-state index in [-0.39, 0.29) is 10.8 Å². The number of hydrogen-bond acceptors (Lipinski definition) is 5. The molecule has 2 aromatic carbocycles. The lowest BCUT2D eigenvalue weighted by atomic mass is 10.2. The molecule has 0 unspecified atom stereocenters. The van der Waals surface area contributed by atoms with Gasteiger partial charge in [-0.25, -0.2) is 17.7 Å². The molecule has 28 heavy (non-hydrogen) atoms. The number of carbonyl (C=O) groups is 1. The summed E-state index contributed by atoms with van der Waals surface area (Å²) in [5.74, 6) is 0.738. The van der Waals surface area contributed by atoms with Crippen LogP contribution in [-0.4, -0.2) is 55.1 Å². The summed E-state index contributed by atoms with van der Waals surface area (Å²) in [6, 6.07) is 13.9. The van der Waals surface area contributed by atoms with E-state index in [0.717, 1.165) is 27.7 Å². The van der Waals surface area contributed by atoms with Crippen molar-refractivity contribution in [3.63, 3.8) is 0 Å². The van der Waals surface area contributed by atoms with Crippen LogP contribution in [0.5, 0.6) is 0 Å². The maximum atomic E-state index is 13.1. The summed E-state index contributed by atoms with van der Waals surface area (Å²) >= 11 is 1.56. The lowest BCUT2D eigenvalue weighted by Crippen LogP contribution is -2.39. The molecule has 1 saturated heterocycles. The van der Waals surface area contributed by atoms with E-state index < -0.39 is 10.0 Å². The zero-order chi connectivity index (χ0) is 20.3. The first kappa shape index (κ1) is 20.6. The molecule has 1 aliphatic rings. The standard InChI is InChI=1S/C20H23N3O3S2/c1-15-7-4-5-8-18(15)21-20-23(13-6-14-27-20)19(24)16-9-11-17(12-10-16)28(25,26)22(2)3/h4-5,7-12H,6,13-14H2,1-3H3. The number of carbonyl (C=O) groups excluding carboxylic acids is 1. The second-order valence-corrected chi connectivity index (χ2v) is 9.87. The maximum Gasteiger partial charge on any atom is 0.259 e. The van der Waals surface area contributed by atoms with Crippen LogP contribution in [0.15, 0.2) is 58.4 Å². The van der Waals surface area contributed by atoms with Gasteiger partial charge >= 0.3 is 0 Å². The lowest BCUT2D eigenvalue weighted by molar-refractivity contribution is 0.0849. The summed E-state index contributed by atoms with van der Waals surface area (Å²) in [5, 5.41) is 0.676. The van der Waals surface area contributed by atoms with Crippen LogP contribution in [-0.2, 0) is 10.0 Å². The largest absolute Gasteiger partial charge is 0.287 e. The molecule has 1 heterocycles. The summed E-state index contributed by atoms with van der Waals surface area (Å²) < 4.78 is 25.6. The third kappa shape index (κ3) is 4.29. The molecule has 0 N–H and O–H groups in total. The average Bonchev–Trinajstić information content (AvgIpc) is 2.69. The Morgan fingerprint density at radius 2 is 1.79 bits per heavy atom. The number of sulfonamides is 1. The van der Waals surface area contributed by atoms with Crippen molar-refractivity contribution in [2.45, 2.75) is 18.2 Å². The second kappa shape index (κ2) is 8.46. The molecule has 6 nitrogen and oxygen atoms in total. The Bertz CT molecular complexity index is 1000. The van der Waals surface area contributed by atoms with Gasteiger partial charge in [-0.15, -0.1) is 0 Å². The molecule has 0 atom stereocenters. The van der Waals surface area contributed by atoms with E-state index in [0.29, 0.717) is 17.3 Å². The number of amides is 1. The van der Waals surface area contributed by atoms with Crippen LogP contribution in [0.3, 0.4) is 0 Å². The molecule has 8 heteroatoms. The SMILES string of the molecule is Cc1ccccc1N=C1SCCCN1C(=O)c1ccc(S(=O)(=O)N(C)C)cc1. The minimum atomic E-state index is -3.52. The molecule has 0 aromatic heterocycles. The van der Waals surface area contributed by atoms with Gasteiger partial charge in [-0.3, -0.25) is 9.69 Å². The Morgan fingerprint density at radius 3 is 2.43 bits per heavy atom. The summed E-state index contributed by atoms with van der Waals surface area (Å²) in [6.45, 7) is 2.58. The predicted molar refractivity (Wildman–Crippen MR) is 114 cm³/mol. The number of nitrogens with zero attached hydrogens (tertiary/aromatic N) is 3. The van der Waals surface area contributed by atoms with Crippen LogP contribution in [0.4, 0.5) is 5.69 Å². The first-order valence-corrected chi connectivity index (χ1v) is 11.3. The van der Waals surface area contributed by atoms with Gasteiger partial charge in [-0.1, -0.05) is 30.0 Å². The van der Waals surface area contributed by atoms with Gasteiger partial charge in [0, 0.05) is 32.0 Å². The number of hydrogen-bond donors (Lipinski definition) is 0. The number of aryl methyl sites for hydroxylation is 1. The molecule has 3 rings (SSSR count). The summed E-state index contributed by atoms with van der Waals surface area (Å²) in [7, 11) is -0.560. The van der Waals surface area contributed by atoms with E-state index in [1.54, 1.807) is 28.8 Å². The van der Waals surface area contributed by atoms with Crippen LogP contribution >= 0.6 is 11.8 Å². The first-order chi connectivity index (χ1) is 13.3. The predicted octanol–water partition coefficient (Wildman–Crippen LogP) is 3.51. The fourth-order valence-electron chi connectivity index (χ4n) is 2.77. The second-order valence-electron chi connectivity index (χ2n) is 6.65. The van der Waals surface area contributed by atoms with Crippen molar-refractivity contribution in [3.05, 3.63) is 59.7 Å². The minimum absolute atomic E-state index is 0.163. The van der Waals surface area contributed by atoms with E-state index >= 15 is 0 Å². The van der Waals surface area contributed by atoms with Gasteiger partial charge in [-0.05, 0) is 49.2 Å². The minimum Gasteiger partial charge on any atom is -0.287 e. The first-order valence-electron chi connectivity index (χ1n) is 8.92. The van der Waals surface area contributed by atoms with Gasteiger partial charge < -0.3 is 0 Å². The quantitative estimate of drug-likeness (QED) is 0.763. The fraction of sp³-hybridized carbons (Fsp3) is 0.300. The molecule has 0 saturated carbocycles. The molecule has 0 radical (unpaired) electrons. The Kier molecular flexibility index (Phi) is 6.22. The van der Waals surface area contributed by atoms with Gasteiger partial charge in [0.05, 0.1) is 10.6 Å². The van der Waals surface area contributed by atoms with Crippen LogP contribution in [0.1, 0.15) is 22.3 Å². The Hall–Kier alpha value is -2.16. The van der Waals surface area contributed by atoms with Gasteiger partial charge in [0.1, 0.15) is 0 Å². The third-order valence-electron chi connectivity index (χ3n) is 4.44. The number of amidine groups is 1. The van der Waals surface area contributed by atoms with E-state index in [1.807, 2.05) is 31.2 Å². The molecule has 2 aromatic rings.